The monoisotopic (exact) mass is 154 g/mol. The molecule has 0 amide bonds. The van der Waals surface area contributed by atoms with Gasteiger partial charge in [-0.15, -0.1) is 6.58 Å². The molecule has 62 valence electrons. The van der Waals surface area contributed by atoms with Gasteiger partial charge in [-0.05, 0) is 6.42 Å². The van der Waals surface area contributed by atoms with Gasteiger partial charge in [0.25, 0.3) is 0 Å². The number of nitrogens with one attached hydrogen (secondary N) is 1. The van der Waals surface area contributed by atoms with Crippen molar-refractivity contribution in [3.05, 3.63) is 12.7 Å². The van der Waals surface area contributed by atoms with Crippen molar-refractivity contribution in [2.45, 2.75) is 6.42 Å². The summed E-state index contributed by atoms with van der Waals surface area (Å²) in [6.07, 6.45) is 2.54. The normalized spacial score (nSPS) is 18.8. The molecular formula is C8H14N2O. The van der Waals surface area contributed by atoms with E-state index < -0.39 is 0 Å². The summed E-state index contributed by atoms with van der Waals surface area (Å²) < 4.78 is 0. The minimum Gasteiger partial charge on any atom is -0.396 e. The zero-order valence-corrected chi connectivity index (χ0v) is 6.58. The van der Waals surface area contributed by atoms with E-state index in [0.717, 1.165) is 25.3 Å². The van der Waals surface area contributed by atoms with Crippen molar-refractivity contribution in [3.8, 4) is 0 Å². The second-order valence-corrected chi connectivity index (χ2v) is 2.55. The van der Waals surface area contributed by atoms with Gasteiger partial charge in [-0.1, -0.05) is 6.08 Å². The number of aliphatic imine (C=N–C) groups is 1. The minimum absolute atomic E-state index is 0.192. The van der Waals surface area contributed by atoms with Crippen LogP contribution in [0.4, 0.5) is 0 Å². The van der Waals surface area contributed by atoms with Crippen molar-refractivity contribution in [3.63, 3.8) is 0 Å². The van der Waals surface area contributed by atoms with Crippen LogP contribution in [0.2, 0.25) is 0 Å². The van der Waals surface area contributed by atoms with E-state index in [1.54, 1.807) is 0 Å². The highest BCUT2D eigenvalue weighted by Crippen LogP contribution is 2.07. The Hall–Kier alpha value is -0.830. The first-order chi connectivity index (χ1) is 5.38. The zero-order chi connectivity index (χ0) is 8.10. The first-order valence-corrected chi connectivity index (χ1v) is 3.90. The second-order valence-electron chi connectivity index (χ2n) is 2.55. The molecule has 1 heterocycles. The first-order valence-electron chi connectivity index (χ1n) is 3.90. The number of aliphatic hydroxyl groups is 1. The van der Waals surface area contributed by atoms with Gasteiger partial charge in [-0.25, -0.2) is 0 Å². The van der Waals surface area contributed by atoms with Crippen LogP contribution in [0.5, 0.6) is 0 Å². The molecule has 1 atom stereocenters. The third-order valence-electron chi connectivity index (χ3n) is 1.78. The summed E-state index contributed by atoms with van der Waals surface area (Å²) in [5.41, 5.74) is 0. The molecule has 0 aliphatic carbocycles. The molecule has 0 fully saturated rings. The average Bonchev–Trinajstić information content (AvgIpc) is 2.52. The number of nitrogens with zero attached hydrogens (tertiary/aromatic N) is 1. The fourth-order valence-electron chi connectivity index (χ4n) is 1.17. The molecule has 0 aromatic carbocycles. The van der Waals surface area contributed by atoms with Crippen molar-refractivity contribution < 1.29 is 5.11 Å². The Morgan fingerprint density at radius 1 is 1.82 bits per heavy atom. The topological polar surface area (TPSA) is 44.6 Å². The quantitative estimate of drug-likeness (QED) is 0.567. The van der Waals surface area contributed by atoms with E-state index in [1.165, 1.54) is 0 Å². The van der Waals surface area contributed by atoms with Crippen LogP contribution in [0.25, 0.3) is 0 Å². The van der Waals surface area contributed by atoms with E-state index in [4.69, 9.17) is 5.11 Å². The predicted octanol–water partition coefficient (Wildman–Crippen LogP) is 0.173. The lowest BCUT2D eigenvalue weighted by atomic mass is 10.1. The summed E-state index contributed by atoms with van der Waals surface area (Å²) in [6.45, 7) is 5.66. The highest BCUT2D eigenvalue weighted by molar-refractivity contribution is 5.87. The molecule has 1 rings (SSSR count). The summed E-state index contributed by atoms with van der Waals surface area (Å²) in [4.78, 5) is 4.25. The van der Waals surface area contributed by atoms with Crippen LogP contribution in [-0.2, 0) is 0 Å². The number of hydrogen-bond acceptors (Lipinski definition) is 3. The Kier molecular flexibility index (Phi) is 3.11. The molecule has 0 aromatic rings. The van der Waals surface area contributed by atoms with Crippen LogP contribution in [-0.4, -0.2) is 30.6 Å². The Bertz CT molecular complexity index is 165. The van der Waals surface area contributed by atoms with Crippen LogP contribution in [0.3, 0.4) is 0 Å². The minimum atomic E-state index is 0.192. The number of hydrogen-bond donors (Lipinski definition) is 2. The fourth-order valence-corrected chi connectivity index (χ4v) is 1.17. The van der Waals surface area contributed by atoms with Crippen molar-refractivity contribution >= 4 is 5.84 Å². The van der Waals surface area contributed by atoms with Crippen molar-refractivity contribution in [2.24, 2.45) is 10.9 Å². The Balaban J connectivity index is 2.46. The van der Waals surface area contributed by atoms with Gasteiger partial charge in [0.15, 0.2) is 0 Å². The molecule has 3 nitrogen and oxygen atoms in total. The number of amidine groups is 1. The molecule has 0 saturated heterocycles. The lowest BCUT2D eigenvalue weighted by Crippen LogP contribution is -2.26. The lowest BCUT2D eigenvalue weighted by Gasteiger charge is -2.10. The van der Waals surface area contributed by atoms with Gasteiger partial charge in [-0.3, -0.25) is 4.99 Å². The van der Waals surface area contributed by atoms with Gasteiger partial charge in [0, 0.05) is 19.1 Å². The van der Waals surface area contributed by atoms with Crippen LogP contribution in [0.1, 0.15) is 6.42 Å². The summed E-state index contributed by atoms with van der Waals surface area (Å²) in [6, 6.07) is 0. The van der Waals surface area contributed by atoms with Crippen molar-refractivity contribution in [1.82, 2.24) is 5.32 Å². The van der Waals surface area contributed by atoms with Crippen molar-refractivity contribution in [2.75, 3.05) is 19.7 Å². The molecule has 3 heteroatoms. The fraction of sp³-hybridized carbons (Fsp3) is 0.625. The van der Waals surface area contributed by atoms with Gasteiger partial charge in [0.05, 0.1) is 6.54 Å². The maximum absolute atomic E-state index is 8.70. The van der Waals surface area contributed by atoms with E-state index in [0.29, 0.717) is 0 Å². The Morgan fingerprint density at radius 2 is 2.64 bits per heavy atom. The maximum Gasteiger partial charge on any atom is 0.103 e. The SMILES string of the molecule is C=CC(CCO)C1=NCCN1. The predicted molar refractivity (Wildman–Crippen MR) is 45.7 cm³/mol. The smallest absolute Gasteiger partial charge is 0.103 e. The summed E-state index contributed by atoms with van der Waals surface area (Å²) in [7, 11) is 0. The van der Waals surface area contributed by atoms with Gasteiger partial charge in [-0.2, -0.15) is 0 Å². The zero-order valence-electron chi connectivity index (χ0n) is 6.58. The standard InChI is InChI=1S/C8H14N2O/c1-2-7(3-6-11)8-9-4-5-10-8/h2,7,11H,1,3-6H2,(H,9,10). The molecule has 2 N–H and O–H groups in total. The van der Waals surface area contributed by atoms with Gasteiger partial charge >= 0.3 is 0 Å². The number of aliphatic hydroxyl groups excluding tert-OH is 1. The summed E-state index contributed by atoms with van der Waals surface area (Å²) >= 11 is 0. The molecule has 0 spiro atoms. The van der Waals surface area contributed by atoms with E-state index in [-0.39, 0.29) is 12.5 Å². The molecule has 0 aromatic heterocycles. The third-order valence-corrected chi connectivity index (χ3v) is 1.78. The summed E-state index contributed by atoms with van der Waals surface area (Å²) in [5.74, 6) is 1.19. The molecule has 0 bridgehead atoms. The lowest BCUT2D eigenvalue weighted by molar-refractivity contribution is 0.281. The molecule has 0 saturated carbocycles. The first kappa shape index (κ1) is 8.27. The van der Waals surface area contributed by atoms with Crippen LogP contribution in [0.15, 0.2) is 17.6 Å². The van der Waals surface area contributed by atoms with Gasteiger partial charge < -0.3 is 10.4 Å². The van der Waals surface area contributed by atoms with Crippen LogP contribution < -0.4 is 5.32 Å². The Labute approximate surface area is 66.8 Å². The largest absolute Gasteiger partial charge is 0.396 e. The van der Waals surface area contributed by atoms with Gasteiger partial charge in [0.1, 0.15) is 5.84 Å². The van der Waals surface area contributed by atoms with Gasteiger partial charge in [0.2, 0.25) is 0 Å². The molecule has 11 heavy (non-hydrogen) atoms. The molecule has 0 radical (unpaired) electrons. The van der Waals surface area contributed by atoms with E-state index in [1.807, 2.05) is 6.08 Å². The highest BCUT2D eigenvalue weighted by atomic mass is 16.3. The molecule has 1 aliphatic rings. The maximum atomic E-state index is 8.70. The average molecular weight is 154 g/mol. The van der Waals surface area contributed by atoms with Crippen molar-refractivity contribution in [1.29, 1.82) is 0 Å². The third kappa shape index (κ3) is 2.05. The second kappa shape index (κ2) is 4.13. The van der Waals surface area contributed by atoms with Crippen LogP contribution >= 0.6 is 0 Å². The molecule has 1 aliphatic heterocycles. The summed E-state index contributed by atoms with van der Waals surface area (Å²) in [5, 5.41) is 11.9. The molecular weight excluding hydrogens is 140 g/mol. The molecule has 1 unspecified atom stereocenters. The number of rotatable bonds is 4. The highest BCUT2D eigenvalue weighted by Gasteiger charge is 2.13. The van der Waals surface area contributed by atoms with E-state index >= 15 is 0 Å². The van der Waals surface area contributed by atoms with E-state index in [9.17, 15) is 0 Å². The van der Waals surface area contributed by atoms with E-state index in [2.05, 4.69) is 16.9 Å². The Morgan fingerprint density at radius 3 is 3.09 bits per heavy atom. The van der Waals surface area contributed by atoms with Crippen LogP contribution in [0, 0.1) is 5.92 Å².